The molecule has 0 saturated carbocycles. The summed E-state index contributed by atoms with van der Waals surface area (Å²) in [6.45, 7) is 3.72. The Bertz CT molecular complexity index is 253. The first-order chi connectivity index (χ1) is 5.86. The first-order valence-corrected chi connectivity index (χ1v) is 4.49. The average molecular weight is 180 g/mol. The molecular weight excluding hydrogens is 168 g/mol. The summed E-state index contributed by atoms with van der Waals surface area (Å²) in [6, 6.07) is 8.29. The molecule has 0 unspecified atom stereocenters. The van der Waals surface area contributed by atoms with Gasteiger partial charge in [0.2, 0.25) is 0 Å². The summed E-state index contributed by atoms with van der Waals surface area (Å²) in [4.78, 5) is 0. The molecular formula is C11H12Cl. The van der Waals surface area contributed by atoms with Gasteiger partial charge in [0.25, 0.3) is 0 Å². The van der Waals surface area contributed by atoms with Gasteiger partial charge in [0, 0.05) is 5.88 Å². The summed E-state index contributed by atoms with van der Waals surface area (Å²) in [5.41, 5.74) is 2.45. The van der Waals surface area contributed by atoms with Crippen molar-refractivity contribution in [2.45, 2.75) is 6.42 Å². The van der Waals surface area contributed by atoms with Gasteiger partial charge in [-0.15, -0.1) is 11.6 Å². The second kappa shape index (κ2) is 5.00. The standard InChI is InChI=1S/C11H12Cl/c1-2-10-5-3-6-11(9-10)7-4-8-12/h2-6,9H,1,7-8H2. The fourth-order valence-corrected chi connectivity index (χ4v) is 1.18. The van der Waals surface area contributed by atoms with Gasteiger partial charge >= 0.3 is 0 Å². The molecule has 0 nitrogen and oxygen atoms in total. The third kappa shape index (κ3) is 2.71. The van der Waals surface area contributed by atoms with E-state index in [1.165, 1.54) is 5.56 Å². The lowest BCUT2D eigenvalue weighted by Crippen LogP contribution is -1.87. The van der Waals surface area contributed by atoms with Gasteiger partial charge in [-0.05, 0) is 24.0 Å². The normalized spacial score (nSPS) is 9.75. The molecule has 1 heteroatoms. The summed E-state index contributed by atoms with van der Waals surface area (Å²) in [5, 5.41) is 0. The number of alkyl halides is 1. The Morgan fingerprint density at radius 2 is 2.25 bits per heavy atom. The first kappa shape index (κ1) is 9.34. The van der Waals surface area contributed by atoms with Crippen molar-refractivity contribution in [1.29, 1.82) is 0 Å². The van der Waals surface area contributed by atoms with Gasteiger partial charge in [-0.1, -0.05) is 36.9 Å². The zero-order valence-corrected chi connectivity index (χ0v) is 7.72. The van der Waals surface area contributed by atoms with Gasteiger partial charge in [0.15, 0.2) is 0 Å². The summed E-state index contributed by atoms with van der Waals surface area (Å²) >= 11 is 5.55. The number of hydrogen-bond donors (Lipinski definition) is 0. The summed E-state index contributed by atoms with van der Waals surface area (Å²) in [7, 11) is 0. The molecule has 1 radical (unpaired) electrons. The predicted molar refractivity (Wildman–Crippen MR) is 55.3 cm³/mol. The van der Waals surface area contributed by atoms with Crippen molar-refractivity contribution < 1.29 is 0 Å². The minimum atomic E-state index is 0.609. The maximum absolute atomic E-state index is 5.55. The van der Waals surface area contributed by atoms with Crippen LogP contribution in [-0.4, -0.2) is 5.88 Å². The first-order valence-electron chi connectivity index (χ1n) is 3.96. The Hall–Kier alpha value is -0.750. The fraction of sp³-hybridized carbons (Fsp3) is 0.182. The molecule has 0 heterocycles. The highest BCUT2D eigenvalue weighted by molar-refractivity contribution is 6.18. The van der Waals surface area contributed by atoms with Gasteiger partial charge < -0.3 is 0 Å². The van der Waals surface area contributed by atoms with Crippen LogP contribution >= 0.6 is 11.6 Å². The van der Waals surface area contributed by atoms with Crippen LogP contribution in [0.2, 0.25) is 0 Å². The monoisotopic (exact) mass is 179 g/mol. The van der Waals surface area contributed by atoms with E-state index >= 15 is 0 Å². The lowest BCUT2D eigenvalue weighted by molar-refractivity contribution is 1.14. The zero-order chi connectivity index (χ0) is 8.81. The largest absolute Gasteiger partial charge is 0.126 e. The SMILES string of the molecule is C=Cc1cccc(C[CH]CCl)c1. The van der Waals surface area contributed by atoms with Crippen LogP contribution in [0.25, 0.3) is 6.08 Å². The zero-order valence-electron chi connectivity index (χ0n) is 6.96. The molecule has 0 saturated heterocycles. The van der Waals surface area contributed by atoms with Crippen LogP contribution in [0.1, 0.15) is 11.1 Å². The van der Waals surface area contributed by atoms with Crippen molar-refractivity contribution in [2.75, 3.05) is 5.88 Å². The molecule has 1 aromatic carbocycles. The van der Waals surface area contributed by atoms with Gasteiger partial charge in [0.1, 0.15) is 0 Å². The molecule has 0 atom stereocenters. The van der Waals surface area contributed by atoms with E-state index in [0.717, 1.165) is 12.0 Å². The Morgan fingerprint density at radius 3 is 2.92 bits per heavy atom. The topological polar surface area (TPSA) is 0 Å². The van der Waals surface area contributed by atoms with Gasteiger partial charge in [-0.2, -0.15) is 0 Å². The van der Waals surface area contributed by atoms with E-state index in [2.05, 4.69) is 18.7 Å². The third-order valence-electron chi connectivity index (χ3n) is 1.68. The second-order valence-corrected chi connectivity index (χ2v) is 2.90. The van der Waals surface area contributed by atoms with E-state index < -0.39 is 0 Å². The highest BCUT2D eigenvalue weighted by Crippen LogP contribution is 2.08. The van der Waals surface area contributed by atoms with Crippen molar-refractivity contribution in [2.24, 2.45) is 0 Å². The van der Waals surface area contributed by atoms with Crippen molar-refractivity contribution in [3.63, 3.8) is 0 Å². The highest BCUT2D eigenvalue weighted by atomic mass is 35.5. The smallest absolute Gasteiger partial charge is 0.0258 e. The molecule has 0 aliphatic heterocycles. The van der Waals surface area contributed by atoms with Crippen LogP contribution < -0.4 is 0 Å². The van der Waals surface area contributed by atoms with Crippen LogP contribution in [0.15, 0.2) is 30.8 Å². The maximum Gasteiger partial charge on any atom is 0.0258 e. The molecule has 0 bridgehead atoms. The number of halogens is 1. The van der Waals surface area contributed by atoms with Gasteiger partial charge in [-0.25, -0.2) is 0 Å². The maximum atomic E-state index is 5.55. The Labute approximate surface area is 78.9 Å². The quantitative estimate of drug-likeness (QED) is 0.623. The molecule has 0 aliphatic carbocycles. The van der Waals surface area contributed by atoms with Crippen LogP contribution in [0.4, 0.5) is 0 Å². The Balaban J connectivity index is 2.66. The van der Waals surface area contributed by atoms with Gasteiger partial charge in [0.05, 0.1) is 0 Å². The van der Waals surface area contributed by atoms with Crippen molar-refractivity contribution >= 4 is 17.7 Å². The summed E-state index contributed by atoms with van der Waals surface area (Å²) in [5.74, 6) is 0.609. The molecule has 0 fully saturated rings. The average Bonchev–Trinajstić information content (AvgIpc) is 2.15. The second-order valence-electron chi connectivity index (χ2n) is 2.60. The molecule has 0 amide bonds. The molecule has 0 N–H and O–H groups in total. The Kier molecular flexibility index (Phi) is 3.89. The minimum Gasteiger partial charge on any atom is -0.126 e. The van der Waals surface area contributed by atoms with E-state index in [0.29, 0.717) is 5.88 Å². The van der Waals surface area contributed by atoms with Crippen LogP contribution in [-0.2, 0) is 6.42 Å². The molecule has 0 aromatic heterocycles. The molecule has 0 aliphatic rings. The summed E-state index contributed by atoms with van der Waals surface area (Å²) in [6.07, 6.45) is 4.83. The summed E-state index contributed by atoms with van der Waals surface area (Å²) < 4.78 is 0. The van der Waals surface area contributed by atoms with Crippen LogP contribution in [0.5, 0.6) is 0 Å². The number of benzene rings is 1. The van der Waals surface area contributed by atoms with E-state index in [1.807, 2.05) is 24.6 Å². The third-order valence-corrected chi connectivity index (χ3v) is 1.89. The van der Waals surface area contributed by atoms with Crippen LogP contribution in [0, 0.1) is 6.42 Å². The van der Waals surface area contributed by atoms with Crippen LogP contribution in [0.3, 0.4) is 0 Å². The van der Waals surface area contributed by atoms with E-state index in [9.17, 15) is 0 Å². The fourth-order valence-electron chi connectivity index (χ4n) is 1.07. The minimum absolute atomic E-state index is 0.609. The van der Waals surface area contributed by atoms with E-state index in [-0.39, 0.29) is 0 Å². The van der Waals surface area contributed by atoms with Crippen molar-refractivity contribution in [1.82, 2.24) is 0 Å². The van der Waals surface area contributed by atoms with Gasteiger partial charge in [-0.3, -0.25) is 0 Å². The van der Waals surface area contributed by atoms with E-state index in [4.69, 9.17) is 11.6 Å². The lowest BCUT2D eigenvalue weighted by atomic mass is 10.1. The molecule has 12 heavy (non-hydrogen) atoms. The predicted octanol–water partition coefficient (Wildman–Crippen LogP) is 3.32. The van der Waals surface area contributed by atoms with Crippen molar-refractivity contribution in [3.8, 4) is 0 Å². The molecule has 1 aromatic rings. The lowest BCUT2D eigenvalue weighted by Gasteiger charge is -1.99. The molecule has 1 rings (SSSR count). The van der Waals surface area contributed by atoms with E-state index in [1.54, 1.807) is 0 Å². The molecule has 0 spiro atoms. The molecule has 63 valence electrons. The number of hydrogen-bond acceptors (Lipinski definition) is 0. The van der Waals surface area contributed by atoms with Crippen molar-refractivity contribution in [3.05, 3.63) is 48.4 Å². The Morgan fingerprint density at radius 1 is 1.42 bits per heavy atom. The number of rotatable bonds is 4. The highest BCUT2D eigenvalue weighted by Gasteiger charge is 1.92.